The summed E-state index contributed by atoms with van der Waals surface area (Å²) in [7, 11) is 0. The van der Waals surface area contributed by atoms with Gasteiger partial charge in [0, 0.05) is 18.2 Å². The van der Waals surface area contributed by atoms with Crippen LogP contribution in [0.2, 0.25) is 0 Å². The van der Waals surface area contributed by atoms with E-state index in [4.69, 9.17) is 15.2 Å². The molecule has 0 aliphatic rings. The van der Waals surface area contributed by atoms with E-state index in [1.165, 1.54) is 0 Å². The Balaban J connectivity index is 2.06. The minimum Gasteiger partial charge on any atom is -0.494 e. The predicted octanol–water partition coefficient (Wildman–Crippen LogP) is 4.15. The van der Waals surface area contributed by atoms with E-state index in [9.17, 15) is 4.79 Å². The van der Waals surface area contributed by atoms with E-state index >= 15 is 0 Å². The number of ether oxygens (including phenoxy) is 2. The first-order valence-electron chi connectivity index (χ1n) is 9.91. The van der Waals surface area contributed by atoms with Crippen molar-refractivity contribution in [2.45, 2.75) is 40.2 Å². The lowest BCUT2D eigenvalue weighted by Gasteiger charge is -2.14. The molecule has 7 heteroatoms. The summed E-state index contributed by atoms with van der Waals surface area (Å²) in [6, 6.07) is 13.1. The molecule has 7 nitrogen and oxygen atoms in total. The molecular formula is C22H30N4O3. The molecule has 0 fully saturated rings. The van der Waals surface area contributed by atoms with E-state index in [1.54, 1.807) is 0 Å². The molecule has 0 radical (unpaired) electrons. The van der Waals surface area contributed by atoms with Crippen molar-refractivity contribution in [3.05, 3.63) is 48.0 Å². The minimum atomic E-state index is 0.00645. The van der Waals surface area contributed by atoms with Crippen LogP contribution in [0.1, 0.15) is 39.2 Å². The number of amides is 1. The molecule has 0 saturated carbocycles. The van der Waals surface area contributed by atoms with Gasteiger partial charge in [0.05, 0.1) is 25.4 Å². The van der Waals surface area contributed by atoms with Gasteiger partial charge >= 0.3 is 0 Å². The van der Waals surface area contributed by atoms with Crippen LogP contribution in [0.25, 0.3) is 0 Å². The normalized spacial score (nSPS) is 11.1. The molecule has 0 aliphatic heterocycles. The van der Waals surface area contributed by atoms with Crippen molar-refractivity contribution in [3.8, 4) is 11.5 Å². The van der Waals surface area contributed by atoms with Gasteiger partial charge in [-0.2, -0.15) is 0 Å². The van der Waals surface area contributed by atoms with Gasteiger partial charge in [-0.25, -0.2) is 4.99 Å². The van der Waals surface area contributed by atoms with E-state index < -0.39 is 0 Å². The Morgan fingerprint density at radius 2 is 1.83 bits per heavy atom. The SMILES string of the molecule is CCCC(=O)Nc1cccc(CN=C(N)Nc2cc(OCC)ccc2OCC)c1. The summed E-state index contributed by atoms with van der Waals surface area (Å²) in [6.45, 7) is 7.31. The second-order valence-electron chi connectivity index (χ2n) is 6.35. The van der Waals surface area contributed by atoms with E-state index in [0.717, 1.165) is 23.4 Å². The van der Waals surface area contributed by atoms with E-state index in [2.05, 4.69) is 15.6 Å². The minimum absolute atomic E-state index is 0.00645. The molecule has 0 heterocycles. The number of rotatable bonds is 10. The van der Waals surface area contributed by atoms with E-state index in [-0.39, 0.29) is 11.9 Å². The zero-order chi connectivity index (χ0) is 21.1. The fourth-order valence-electron chi connectivity index (χ4n) is 2.70. The van der Waals surface area contributed by atoms with Crippen LogP contribution < -0.4 is 25.8 Å². The van der Waals surface area contributed by atoms with Crippen LogP contribution in [0.5, 0.6) is 11.5 Å². The van der Waals surface area contributed by atoms with Gasteiger partial charge in [-0.05, 0) is 50.1 Å². The van der Waals surface area contributed by atoms with Crippen molar-refractivity contribution < 1.29 is 14.3 Å². The molecule has 4 N–H and O–H groups in total. The lowest BCUT2D eigenvalue weighted by atomic mass is 10.2. The van der Waals surface area contributed by atoms with Crippen molar-refractivity contribution in [2.24, 2.45) is 10.7 Å². The molecule has 2 aromatic rings. The van der Waals surface area contributed by atoms with Crippen molar-refractivity contribution in [3.63, 3.8) is 0 Å². The number of hydrogen-bond donors (Lipinski definition) is 3. The van der Waals surface area contributed by atoms with Crippen molar-refractivity contribution >= 4 is 23.2 Å². The molecule has 0 unspecified atom stereocenters. The van der Waals surface area contributed by atoms with Gasteiger partial charge in [-0.3, -0.25) is 4.79 Å². The van der Waals surface area contributed by atoms with E-state index in [1.807, 2.05) is 63.2 Å². The summed E-state index contributed by atoms with van der Waals surface area (Å²) < 4.78 is 11.2. The van der Waals surface area contributed by atoms with Gasteiger partial charge in [0.2, 0.25) is 5.91 Å². The summed E-state index contributed by atoms with van der Waals surface area (Å²) in [5, 5.41) is 5.97. The summed E-state index contributed by atoms with van der Waals surface area (Å²) in [5.74, 6) is 1.67. The fraction of sp³-hybridized carbons (Fsp3) is 0.364. The molecule has 0 aromatic heterocycles. The van der Waals surface area contributed by atoms with E-state index in [0.29, 0.717) is 37.6 Å². The lowest BCUT2D eigenvalue weighted by Crippen LogP contribution is -2.23. The molecule has 0 aliphatic carbocycles. The molecule has 2 aromatic carbocycles. The molecular weight excluding hydrogens is 368 g/mol. The summed E-state index contributed by atoms with van der Waals surface area (Å²) in [6.07, 6.45) is 1.31. The summed E-state index contributed by atoms with van der Waals surface area (Å²) >= 11 is 0. The van der Waals surface area contributed by atoms with Crippen LogP contribution in [0, 0.1) is 0 Å². The van der Waals surface area contributed by atoms with Gasteiger partial charge in [0.15, 0.2) is 5.96 Å². The number of aliphatic imine (C=N–C) groups is 1. The number of hydrogen-bond acceptors (Lipinski definition) is 4. The maximum Gasteiger partial charge on any atom is 0.224 e. The van der Waals surface area contributed by atoms with Crippen molar-refractivity contribution in [1.82, 2.24) is 0 Å². The van der Waals surface area contributed by atoms with Gasteiger partial charge in [0.25, 0.3) is 0 Å². The average Bonchev–Trinajstić information content (AvgIpc) is 2.69. The Labute approximate surface area is 172 Å². The van der Waals surface area contributed by atoms with Crippen LogP contribution in [0.15, 0.2) is 47.5 Å². The molecule has 0 bridgehead atoms. The Morgan fingerprint density at radius 3 is 2.55 bits per heavy atom. The molecule has 0 saturated heterocycles. The van der Waals surface area contributed by atoms with Crippen molar-refractivity contribution in [2.75, 3.05) is 23.8 Å². The Kier molecular flexibility index (Phi) is 8.82. The quantitative estimate of drug-likeness (QED) is 0.413. The van der Waals surface area contributed by atoms with Gasteiger partial charge in [0.1, 0.15) is 11.5 Å². The maximum atomic E-state index is 11.8. The highest BCUT2D eigenvalue weighted by molar-refractivity contribution is 5.94. The van der Waals surface area contributed by atoms with Crippen LogP contribution in [-0.2, 0) is 11.3 Å². The van der Waals surface area contributed by atoms with Crippen LogP contribution >= 0.6 is 0 Å². The van der Waals surface area contributed by atoms with Gasteiger partial charge < -0.3 is 25.8 Å². The van der Waals surface area contributed by atoms with Crippen LogP contribution in [-0.4, -0.2) is 25.1 Å². The standard InChI is InChI=1S/C22H30N4O3/c1-4-8-21(27)25-17-10-7-9-16(13-17)15-24-22(23)26-19-14-18(28-5-2)11-12-20(19)29-6-3/h7,9-14H,4-6,8,15H2,1-3H3,(H,25,27)(H3,23,24,26). The molecule has 0 spiro atoms. The zero-order valence-corrected chi connectivity index (χ0v) is 17.3. The molecule has 2 rings (SSSR count). The molecule has 156 valence electrons. The predicted molar refractivity (Wildman–Crippen MR) is 118 cm³/mol. The summed E-state index contributed by atoms with van der Waals surface area (Å²) in [4.78, 5) is 16.2. The molecule has 0 atom stereocenters. The Hall–Kier alpha value is -3.22. The van der Waals surface area contributed by atoms with Gasteiger partial charge in [-0.1, -0.05) is 19.1 Å². The highest BCUT2D eigenvalue weighted by atomic mass is 16.5. The lowest BCUT2D eigenvalue weighted by molar-refractivity contribution is -0.116. The fourth-order valence-corrected chi connectivity index (χ4v) is 2.70. The maximum absolute atomic E-state index is 11.8. The molecule has 29 heavy (non-hydrogen) atoms. The average molecular weight is 399 g/mol. The number of carbonyl (C=O) groups is 1. The first-order valence-corrected chi connectivity index (χ1v) is 9.91. The third-order valence-electron chi connectivity index (χ3n) is 3.94. The number of anilines is 2. The van der Waals surface area contributed by atoms with Crippen molar-refractivity contribution in [1.29, 1.82) is 0 Å². The largest absolute Gasteiger partial charge is 0.494 e. The van der Waals surface area contributed by atoms with Crippen LogP contribution in [0.4, 0.5) is 11.4 Å². The monoisotopic (exact) mass is 398 g/mol. The second kappa shape index (κ2) is 11.6. The highest BCUT2D eigenvalue weighted by Crippen LogP contribution is 2.29. The zero-order valence-electron chi connectivity index (χ0n) is 17.3. The molecule has 1 amide bonds. The number of nitrogens with zero attached hydrogens (tertiary/aromatic N) is 1. The van der Waals surface area contributed by atoms with Gasteiger partial charge in [-0.15, -0.1) is 0 Å². The smallest absolute Gasteiger partial charge is 0.224 e. The van der Waals surface area contributed by atoms with Crippen LogP contribution in [0.3, 0.4) is 0 Å². The Bertz CT molecular complexity index is 837. The highest BCUT2D eigenvalue weighted by Gasteiger charge is 2.07. The number of carbonyl (C=O) groups excluding carboxylic acids is 1. The summed E-state index contributed by atoms with van der Waals surface area (Å²) in [5.41, 5.74) is 8.46. The third kappa shape index (κ3) is 7.37. The number of nitrogens with two attached hydrogens (primary N) is 1. The topological polar surface area (TPSA) is 98.0 Å². The number of nitrogens with one attached hydrogen (secondary N) is 2. The Morgan fingerprint density at radius 1 is 1.03 bits per heavy atom. The number of guanidine groups is 1. The second-order valence-corrected chi connectivity index (χ2v) is 6.35. The number of benzene rings is 2. The third-order valence-corrected chi connectivity index (χ3v) is 3.94. The first kappa shape index (κ1) is 22.1. The first-order chi connectivity index (χ1) is 14.0.